The van der Waals surface area contributed by atoms with Crippen LogP contribution in [0.2, 0.25) is 0 Å². The molecule has 2 unspecified atom stereocenters. The Morgan fingerprint density at radius 1 is 1.24 bits per heavy atom. The molecule has 1 amide bonds. The van der Waals surface area contributed by atoms with Gasteiger partial charge in [-0.25, -0.2) is 0 Å². The van der Waals surface area contributed by atoms with Crippen molar-refractivity contribution in [1.82, 2.24) is 0 Å². The maximum absolute atomic E-state index is 12.8. The van der Waals surface area contributed by atoms with Crippen LogP contribution in [0.15, 0.2) is 42.5 Å². The van der Waals surface area contributed by atoms with Crippen LogP contribution in [-0.2, 0) is 11.0 Å². The van der Waals surface area contributed by atoms with Gasteiger partial charge < -0.3 is 15.8 Å². The van der Waals surface area contributed by atoms with Crippen LogP contribution in [0.1, 0.15) is 23.5 Å². The van der Waals surface area contributed by atoms with Crippen LogP contribution >= 0.6 is 0 Å². The predicted octanol–water partition coefficient (Wildman–Crippen LogP) is 4.04. The number of anilines is 2. The van der Waals surface area contributed by atoms with Crippen molar-refractivity contribution in [2.24, 2.45) is 5.92 Å². The molecule has 0 heterocycles. The molecule has 4 nitrogen and oxygen atoms in total. The van der Waals surface area contributed by atoms with E-state index >= 15 is 0 Å². The Kier molecular flexibility index (Phi) is 4.32. The minimum atomic E-state index is -4.39. The summed E-state index contributed by atoms with van der Waals surface area (Å²) in [5, 5.41) is 2.74. The SMILES string of the molecule is COc1ccc(NC(=O)C2CC2c2cccc(C(F)(F)F)c2)cc1N. The van der Waals surface area contributed by atoms with Gasteiger partial charge in [0.05, 0.1) is 18.4 Å². The summed E-state index contributed by atoms with van der Waals surface area (Å²) in [6, 6.07) is 10.0. The smallest absolute Gasteiger partial charge is 0.416 e. The molecule has 25 heavy (non-hydrogen) atoms. The highest BCUT2D eigenvalue weighted by molar-refractivity contribution is 5.95. The number of rotatable bonds is 4. The van der Waals surface area contributed by atoms with Gasteiger partial charge >= 0.3 is 6.18 Å². The highest BCUT2D eigenvalue weighted by Crippen LogP contribution is 2.49. The van der Waals surface area contributed by atoms with Crippen LogP contribution in [0.5, 0.6) is 5.75 Å². The molecule has 3 rings (SSSR count). The van der Waals surface area contributed by atoms with Gasteiger partial charge in [0.25, 0.3) is 0 Å². The second-order valence-corrected chi connectivity index (χ2v) is 6.02. The van der Waals surface area contributed by atoms with Gasteiger partial charge in [-0.1, -0.05) is 18.2 Å². The number of ether oxygens (including phenoxy) is 1. The minimum Gasteiger partial charge on any atom is -0.495 e. The van der Waals surface area contributed by atoms with E-state index in [2.05, 4.69) is 5.32 Å². The molecule has 2 atom stereocenters. The average Bonchev–Trinajstić information content (AvgIpc) is 3.35. The van der Waals surface area contributed by atoms with Gasteiger partial charge in [-0.05, 0) is 42.2 Å². The second kappa shape index (κ2) is 6.31. The molecule has 7 heteroatoms. The van der Waals surface area contributed by atoms with Crippen molar-refractivity contribution in [2.45, 2.75) is 18.5 Å². The number of amides is 1. The van der Waals surface area contributed by atoms with E-state index in [1.54, 1.807) is 24.3 Å². The fourth-order valence-electron chi connectivity index (χ4n) is 2.85. The second-order valence-electron chi connectivity index (χ2n) is 6.02. The predicted molar refractivity (Wildman–Crippen MR) is 88.3 cm³/mol. The molecule has 0 aromatic heterocycles. The lowest BCUT2D eigenvalue weighted by molar-refractivity contribution is -0.137. The Morgan fingerprint density at radius 2 is 2.00 bits per heavy atom. The van der Waals surface area contributed by atoms with Crippen molar-refractivity contribution in [1.29, 1.82) is 0 Å². The fourth-order valence-corrected chi connectivity index (χ4v) is 2.85. The maximum atomic E-state index is 12.8. The van der Waals surface area contributed by atoms with E-state index in [-0.39, 0.29) is 17.7 Å². The van der Waals surface area contributed by atoms with Crippen molar-refractivity contribution < 1.29 is 22.7 Å². The number of carbonyl (C=O) groups is 1. The molecule has 2 aromatic rings. The third kappa shape index (κ3) is 3.70. The fraction of sp³-hybridized carbons (Fsp3) is 0.278. The summed E-state index contributed by atoms with van der Waals surface area (Å²) in [7, 11) is 1.49. The molecule has 0 aliphatic heterocycles. The lowest BCUT2D eigenvalue weighted by Crippen LogP contribution is -2.15. The number of nitrogens with two attached hydrogens (primary N) is 1. The molecule has 2 aromatic carbocycles. The third-order valence-corrected chi connectivity index (χ3v) is 4.27. The van der Waals surface area contributed by atoms with Crippen molar-refractivity contribution in [3.05, 3.63) is 53.6 Å². The summed E-state index contributed by atoms with van der Waals surface area (Å²) in [5.74, 6) is -0.261. The van der Waals surface area contributed by atoms with E-state index < -0.39 is 11.7 Å². The van der Waals surface area contributed by atoms with E-state index in [0.717, 1.165) is 12.1 Å². The number of methoxy groups -OCH3 is 1. The van der Waals surface area contributed by atoms with Gasteiger partial charge in [-0.3, -0.25) is 4.79 Å². The van der Waals surface area contributed by atoms with E-state index in [4.69, 9.17) is 10.5 Å². The average molecular weight is 350 g/mol. The van der Waals surface area contributed by atoms with Crippen molar-refractivity contribution in [3.63, 3.8) is 0 Å². The van der Waals surface area contributed by atoms with Gasteiger partial charge in [-0.2, -0.15) is 13.2 Å². The number of hydrogen-bond acceptors (Lipinski definition) is 3. The molecule has 0 spiro atoms. The summed E-state index contributed by atoms with van der Waals surface area (Å²) >= 11 is 0. The Hall–Kier alpha value is -2.70. The number of nitrogen functional groups attached to an aromatic ring is 1. The lowest BCUT2D eigenvalue weighted by atomic mass is 10.1. The summed E-state index contributed by atoms with van der Waals surface area (Å²) in [6.45, 7) is 0. The van der Waals surface area contributed by atoms with Crippen LogP contribution < -0.4 is 15.8 Å². The van der Waals surface area contributed by atoms with E-state index in [0.29, 0.717) is 29.1 Å². The Balaban J connectivity index is 1.67. The van der Waals surface area contributed by atoms with Crippen LogP contribution in [0.25, 0.3) is 0 Å². The Morgan fingerprint density at radius 3 is 2.64 bits per heavy atom. The molecule has 3 N–H and O–H groups in total. The molecular weight excluding hydrogens is 333 g/mol. The van der Waals surface area contributed by atoms with Crippen LogP contribution in [-0.4, -0.2) is 13.0 Å². The molecule has 0 saturated heterocycles. The maximum Gasteiger partial charge on any atom is 0.416 e. The monoisotopic (exact) mass is 350 g/mol. The zero-order valence-electron chi connectivity index (χ0n) is 13.4. The third-order valence-electron chi connectivity index (χ3n) is 4.27. The quantitative estimate of drug-likeness (QED) is 0.818. The molecule has 1 aliphatic rings. The topological polar surface area (TPSA) is 64.3 Å². The lowest BCUT2D eigenvalue weighted by Gasteiger charge is -2.10. The number of hydrogen-bond donors (Lipinski definition) is 2. The number of benzene rings is 2. The van der Waals surface area contributed by atoms with Gasteiger partial charge in [-0.15, -0.1) is 0 Å². The zero-order valence-corrected chi connectivity index (χ0v) is 13.4. The summed E-state index contributed by atoms with van der Waals surface area (Å²) < 4.78 is 43.4. The molecule has 1 fully saturated rings. The number of alkyl halides is 3. The van der Waals surface area contributed by atoms with Gasteiger partial charge in [0.2, 0.25) is 5.91 Å². The van der Waals surface area contributed by atoms with Crippen molar-refractivity contribution in [2.75, 3.05) is 18.2 Å². The molecule has 1 aliphatic carbocycles. The Labute approximate surface area is 142 Å². The molecule has 0 bridgehead atoms. The standard InChI is InChI=1S/C18H17F3N2O2/c1-25-16-6-5-12(8-15(16)22)23-17(24)14-9-13(14)10-3-2-4-11(7-10)18(19,20)21/h2-8,13-14H,9,22H2,1H3,(H,23,24). The van der Waals surface area contributed by atoms with Gasteiger partial charge in [0.1, 0.15) is 5.75 Å². The normalized spacial score (nSPS) is 19.4. The summed E-state index contributed by atoms with van der Waals surface area (Å²) in [5.41, 5.74) is 6.55. The van der Waals surface area contributed by atoms with Gasteiger partial charge in [0.15, 0.2) is 0 Å². The first-order chi connectivity index (χ1) is 11.8. The molecule has 1 saturated carbocycles. The van der Waals surface area contributed by atoms with E-state index in [1.807, 2.05) is 0 Å². The number of halogens is 3. The molecular formula is C18H17F3N2O2. The summed E-state index contributed by atoms with van der Waals surface area (Å²) in [6.07, 6.45) is -3.86. The highest BCUT2D eigenvalue weighted by Gasteiger charge is 2.44. The molecule has 0 radical (unpaired) electrons. The van der Waals surface area contributed by atoms with Gasteiger partial charge in [0, 0.05) is 11.6 Å². The first-order valence-electron chi connectivity index (χ1n) is 7.71. The summed E-state index contributed by atoms with van der Waals surface area (Å²) in [4.78, 5) is 12.3. The number of nitrogens with one attached hydrogen (secondary N) is 1. The molecule has 132 valence electrons. The first kappa shape index (κ1) is 17.1. The van der Waals surface area contributed by atoms with Crippen molar-refractivity contribution in [3.8, 4) is 5.75 Å². The Bertz CT molecular complexity index is 805. The van der Waals surface area contributed by atoms with E-state index in [9.17, 15) is 18.0 Å². The van der Waals surface area contributed by atoms with Crippen LogP contribution in [0, 0.1) is 5.92 Å². The highest BCUT2D eigenvalue weighted by atomic mass is 19.4. The first-order valence-corrected chi connectivity index (χ1v) is 7.71. The van der Waals surface area contributed by atoms with E-state index in [1.165, 1.54) is 13.2 Å². The largest absolute Gasteiger partial charge is 0.495 e. The van der Waals surface area contributed by atoms with Crippen molar-refractivity contribution >= 4 is 17.3 Å². The number of carbonyl (C=O) groups excluding carboxylic acids is 1. The van der Waals surface area contributed by atoms with Crippen LogP contribution in [0.4, 0.5) is 24.5 Å². The minimum absolute atomic E-state index is 0.196. The zero-order chi connectivity index (χ0) is 18.2. The van der Waals surface area contributed by atoms with Crippen LogP contribution in [0.3, 0.4) is 0 Å².